The minimum Gasteiger partial charge on any atom is -0.486 e. The first-order valence-electron chi connectivity index (χ1n) is 9.99. The van der Waals surface area contributed by atoms with Gasteiger partial charge in [-0.1, -0.05) is 48.9 Å². The average molecular weight is 422 g/mol. The summed E-state index contributed by atoms with van der Waals surface area (Å²) in [5.41, 5.74) is 3.36. The maximum atomic E-state index is 12.7. The smallest absolute Gasteiger partial charge is 0.242 e. The molecule has 0 saturated heterocycles. The number of amides is 1. The van der Waals surface area contributed by atoms with E-state index >= 15 is 0 Å². The van der Waals surface area contributed by atoms with Gasteiger partial charge in [0, 0.05) is 29.9 Å². The molecular formula is C23H20ClN3O3. The minimum absolute atomic E-state index is 0.0516. The van der Waals surface area contributed by atoms with Crippen LogP contribution in [0.1, 0.15) is 36.9 Å². The Hall–Kier alpha value is -3.12. The topological polar surface area (TPSA) is 64.0 Å². The monoisotopic (exact) mass is 421 g/mol. The van der Waals surface area contributed by atoms with E-state index in [1.165, 1.54) is 0 Å². The minimum atomic E-state index is -0.301. The van der Waals surface area contributed by atoms with E-state index in [2.05, 4.69) is 10.1 Å². The van der Waals surface area contributed by atoms with E-state index in [-0.39, 0.29) is 11.9 Å². The lowest BCUT2D eigenvalue weighted by Gasteiger charge is -2.23. The second-order valence-corrected chi connectivity index (χ2v) is 7.64. The van der Waals surface area contributed by atoms with Crippen LogP contribution in [0.3, 0.4) is 0 Å². The average Bonchev–Trinajstić information content (AvgIpc) is 3.22. The molecular weight excluding hydrogens is 402 g/mol. The number of pyridine rings is 1. The van der Waals surface area contributed by atoms with E-state index in [1.54, 1.807) is 5.01 Å². The standard InChI is InChI=1S/C23H20ClN3O3/c1-2-22(28)27-19(12-18(26-27)14-6-4-3-5-7-14)16-10-15-11-20-21(30-9-8-29-20)13-17(15)25-23(16)24/h3-7,10-11,13,19H,2,8-9,12H2,1H3. The summed E-state index contributed by atoms with van der Waals surface area (Å²) in [6.45, 7) is 2.86. The molecule has 2 aliphatic rings. The Morgan fingerprint density at radius 3 is 2.60 bits per heavy atom. The van der Waals surface area contributed by atoms with Crippen molar-refractivity contribution in [3.05, 3.63) is 64.8 Å². The molecule has 0 bridgehead atoms. The van der Waals surface area contributed by atoms with Crippen LogP contribution in [0, 0.1) is 0 Å². The number of fused-ring (bicyclic) bond motifs is 2. The molecule has 0 fully saturated rings. The van der Waals surface area contributed by atoms with Crippen molar-refractivity contribution in [1.82, 2.24) is 9.99 Å². The van der Waals surface area contributed by atoms with Crippen LogP contribution in [0.25, 0.3) is 10.9 Å². The van der Waals surface area contributed by atoms with Crippen LogP contribution in [0.15, 0.2) is 53.6 Å². The van der Waals surface area contributed by atoms with Gasteiger partial charge in [-0.15, -0.1) is 0 Å². The Labute approximate surface area is 179 Å². The lowest BCUT2D eigenvalue weighted by Crippen LogP contribution is -2.26. The van der Waals surface area contributed by atoms with Crippen LogP contribution in [0.2, 0.25) is 5.15 Å². The second-order valence-electron chi connectivity index (χ2n) is 7.28. The zero-order chi connectivity index (χ0) is 20.7. The first-order chi connectivity index (χ1) is 14.6. The van der Waals surface area contributed by atoms with Crippen molar-refractivity contribution in [2.24, 2.45) is 5.10 Å². The molecule has 6 nitrogen and oxygen atoms in total. The zero-order valence-corrected chi connectivity index (χ0v) is 17.2. The predicted octanol–water partition coefficient (Wildman–Crippen LogP) is 4.75. The van der Waals surface area contributed by atoms with E-state index in [0.29, 0.717) is 42.7 Å². The normalized spacial score (nSPS) is 17.9. The summed E-state index contributed by atoms with van der Waals surface area (Å²) in [7, 11) is 0. The summed E-state index contributed by atoms with van der Waals surface area (Å²) in [6.07, 6.45) is 0.937. The third-order valence-corrected chi connectivity index (χ3v) is 5.70. The van der Waals surface area contributed by atoms with E-state index in [9.17, 15) is 4.79 Å². The summed E-state index contributed by atoms with van der Waals surface area (Å²) in [5, 5.41) is 7.45. The van der Waals surface area contributed by atoms with Crippen LogP contribution in [-0.4, -0.2) is 34.8 Å². The lowest BCUT2D eigenvalue weighted by atomic mass is 9.98. The molecule has 1 amide bonds. The summed E-state index contributed by atoms with van der Waals surface area (Å²) >= 11 is 6.60. The fraction of sp³-hybridized carbons (Fsp3) is 0.261. The SMILES string of the molecule is CCC(=O)N1N=C(c2ccccc2)CC1c1cc2cc3c(cc2nc1Cl)OCCO3. The predicted molar refractivity (Wildman–Crippen MR) is 115 cm³/mol. The van der Waals surface area contributed by atoms with Gasteiger partial charge in [-0.25, -0.2) is 9.99 Å². The Morgan fingerprint density at radius 1 is 1.13 bits per heavy atom. The van der Waals surface area contributed by atoms with Gasteiger partial charge in [-0.3, -0.25) is 4.79 Å². The largest absolute Gasteiger partial charge is 0.486 e. The van der Waals surface area contributed by atoms with Gasteiger partial charge in [0.15, 0.2) is 11.5 Å². The lowest BCUT2D eigenvalue weighted by molar-refractivity contribution is -0.132. The van der Waals surface area contributed by atoms with Gasteiger partial charge >= 0.3 is 0 Å². The van der Waals surface area contributed by atoms with Crippen molar-refractivity contribution >= 4 is 34.1 Å². The molecule has 152 valence electrons. The van der Waals surface area contributed by atoms with Crippen molar-refractivity contribution < 1.29 is 14.3 Å². The third-order valence-electron chi connectivity index (χ3n) is 5.39. The van der Waals surface area contributed by atoms with E-state index in [4.69, 9.17) is 21.1 Å². The molecule has 0 saturated carbocycles. The molecule has 0 N–H and O–H groups in total. The first-order valence-corrected chi connectivity index (χ1v) is 10.4. The second kappa shape index (κ2) is 7.61. The van der Waals surface area contributed by atoms with Crippen molar-refractivity contribution in [2.45, 2.75) is 25.8 Å². The van der Waals surface area contributed by atoms with E-state index < -0.39 is 0 Å². The quantitative estimate of drug-likeness (QED) is 0.572. The van der Waals surface area contributed by atoms with Gasteiger partial charge in [-0.05, 0) is 17.7 Å². The van der Waals surface area contributed by atoms with Crippen LogP contribution in [0.5, 0.6) is 11.5 Å². The third kappa shape index (κ3) is 3.27. The Morgan fingerprint density at radius 2 is 1.87 bits per heavy atom. The molecule has 5 rings (SSSR count). The summed E-state index contributed by atoms with van der Waals surface area (Å²) < 4.78 is 11.4. The molecule has 3 aromatic rings. The van der Waals surface area contributed by atoms with Crippen LogP contribution in [-0.2, 0) is 4.79 Å². The molecule has 0 aliphatic carbocycles. The fourth-order valence-electron chi connectivity index (χ4n) is 3.89. The van der Waals surface area contributed by atoms with Crippen LogP contribution < -0.4 is 9.47 Å². The maximum Gasteiger partial charge on any atom is 0.242 e. The van der Waals surface area contributed by atoms with Gasteiger partial charge in [0.25, 0.3) is 0 Å². The number of hydrogen-bond acceptors (Lipinski definition) is 5. The molecule has 1 aromatic heterocycles. The number of hydrazone groups is 1. The molecule has 7 heteroatoms. The van der Waals surface area contributed by atoms with Gasteiger partial charge in [-0.2, -0.15) is 5.10 Å². The Bertz CT molecular complexity index is 1160. The first kappa shape index (κ1) is 18.9. The van der Waals surface area contributed by atoms with Crippen molar-refractivity contribution in [1.29, 1.82) is 0 Å². The highest BCUT2D eigenvalue weighted by molar-refractivity contribution is 6.30. The Balaban J connectivity index is 1.57. The number of carbonyl (C=O) groups is 1. The number of hydrogen-bond donors (Lipinski definition) is 0. The molecule has 2 aliphatic heterocycles. The fourth-order valence-corrected chi connectivity index (χ4v) is 4.16. The van der Waals surface area contributed by atoms with Crippen molar-refractivity contribution in [2.75, 3.05) is 13.2 Å². The number of aromatic nitrogens is 1. The molecule has 3 heterocycles. The Kier molecular flexibility index (Phi) is 4.79. The molecule has 0 radical (unpaired) electrons. The van der Waals surface area contributed by atoms with Crippen LogP contribution in [0.4, 0.5) is 0 Å². The highest BCUT2D eigenvalue weighted by Crippen LogP contribution is 2.40. The van der Waals surface area contributed by atoms with Gasteiger partial charge in [0.2, 0.25) is 5.91 Å². The zero-order valence-electron chi connectivity index (χ0n) is 16.5. The van der Waals surface area contributed by atoms with E-state index in [0.717, 1.165) is 27.7 Å². The number of nitrogens with zero attached hydrogens (tertiary/aromatic N) is 3. The molecule has 2 aromatic carbocycles. The highest BCUT2D eigenvalue weighted by atomic mass is 35.5. The van der Waals surface area contributed by atoms with Crippen molar-refractivity contribution in [3.8, 4) is 11.5 Å². The summed E-state index contributed by atoms with van der Waals surface area (Å²) in [4.78, 5) is 17.2. The summed E-state index contributed by atoms with van der Waals surface area (Å²) in [6, 6.07) is 15.3. The summed E-state index contributed by atoms with van der Waals surface area (Å²) in [5.74, 6) is 1.31. The molecule has 1 atom stereocenters. The van der Waals surface area contributed by atoms with E-state index in [1.807, 2.05) is 55.5 Å². The number of halogens is 1. The van der Waals surface area contributed by atoms with Crippen molar-refractivity contribution in [3.63, 3.8) is 0 Å². The number of rotatable bonds is 3. The van der Waals surface area contributed by atoms with Gasteiger partial charge in [0.05, 0.1) is 17.3 Å². The number of ether oxygens (including phenoxy) is 2. The van der Waals surface area contributed by atoms with Gasteiger partial charge in [0.1, 0.15) is 18.4 Å². The highest BCUT2D eigenvalue weighted by Gasteiger charge is 2.34. The van der Waals surface area contributed by atoms with Crippen LogP contribution >= 0.6 is 11.6 Å². The number of benzene rings is 2. The number of carbonyl (C=O) groups excluding carboxylic acids is 1. The molecule has 1 unspecified atom stereocenters. The van der Waals surface area contributed by atoms with Gasteiger partial charge < -0.3 is 9.47 Å². The molecule has 30 heavy (non-hydrogen) atoms. The molecule has 0 spiro atoms. The maximum absolute atomic E-state index is 12.7.